The van der Waals surface area contributed by atoms with Gasteiger partial charge in [0.1, 0.15) is 5.82 Å². The molecule has 6 aromatic carbocycles. The van der Waals surface area contributed by atoms with Crippen LogP contribution in [0.15, 0.2) is 152 Å². The molecule has 0 radical (unpaired) electrons. The summed E-state index contributed by atoms with van der Waals surface area (Å²) >= 11 is 0. The molecular formula is C54H49N4OPt-3. The molecule has 0 spiro atoms. The van der Waals surface area contributed by atoms with E-state index in [2.05, 4.69) is 222 Å². The van der Waals surface area contributed by atoms with Crippen LogP contribution in [-0.2, 0) is 26.5 Å². The fraction of sp³-hybridized carbons (Fsp3) is 0.185. The third-order valence-electron chi connectivity index (χ3n) is 11.3. The van der Waals surface area contributed by atoms with E-state index in [-0.39, 0.29) is 31.9 Å². The Morgan fingerprint density at radius 2 is 1.33 bits per heavy atom. The number of allylic oxidation sites excluding steroid dienone is 1. The number of hydrogen-bond donors (Lipinski definition) is 0. The minimum absolute atomic E-state index is 0. The number of pyridine rings is 1. The van der Waals surface area contributed by atoms with Crippen molar-refractivity contribution in [2.45, 2.75) is 60.8 Å². The monoisotopic (exact) mass is 964 g/mol. The van der Waals surface area contributed by atoms with Crippen molar-refractivity contribution in [2.24, 2.45) is 5.41 Å². The summed E-state index contributed by atoms with van der Waals surface area (Å²) in [6.07, 6.45) is 4.15. The van der Waals surface area contributed by atoms with Crippen molar-refractivity contribution >= 4 is 33.2 Å². The van der Waals surface area contributed by atoms with Crippen LogP contribution in [0.4, 0.5) is 11.4 Å². The van der Waals surface area contributed by atoms with Crippen LogP contribution in [0.1, 0.15) is 58.2 Å². The Kier molecular flexibility index (Phi) is 10.9. The Morgan fingerprint density at radius 1 is 0.617 bits per heavy atom. The largest absolute Gasteiger partial charge is 0.509 e. The van der Waals surface area contributed by atoms with Crippen molar-refractivity contribution in [3.8, 4) is 39.6 Å². The first-order chi connectivity index (χ1) is 28.3. The normalized spacial score (nSPS) is 13.2. The molecule has 6 heteroatoms. The fourth-order valence-corrected chi connectivity index (χ4v) is 8.20. The number of aryl methyl sites for hydroxylation is 2. The number of benzene rings is 6. The summed E-state index contributed by atoms with van der Waals surface area (Å²) < 4.78 is 9.08. The molecule has 0 amide bonds. The molecule has 9 rings (SSSR count). The van der Waals surface area contributed by atoms with Gasteiger partial charge in [-0.3, -0.25) is 0 Å². The van der Waals surface area contributed by atoms with E-state index in [9.17, 15) is 0 Å². The molecule has 0 fully saturated rings. The zero-order valence-electron chi connectivity index (χ0n) is 35.4. The van der Waals surface area contributed by atoms with Crippen LogP contribution in [0.25, 0.3) is 49.9 Å². The second-order valence-electron chi connectivity index (χ2n) is 17.7. The first-order valence-electron chi connectivity index (χ1n) is 20.4. The summed E-state index contributed by atoms with van der Waals surface area (Å²) in [5.74, 6) is 2.07. The number of nitrogens with zero attached hydrogens (tertiary/aromatic N) is 4. The van der Waals surface area contributed by atoms with Gasteiger partial charge in [-0.05, 0) is 94.6 Å². The Hall–Kier alpha value is -5.90. The molecule has 0 unspecified atom stereocenters. The number of para-hydroxylation sites is 1. The first kappa shape index (κ1) is 40.9. The zero-order chi connectivity index (χ0) is 41.1. The Labute approximate surface area is 369 Å². The van der Waals surface area contributed by atoms with E-state index in [1.54, 1.807) is 0 Å². The van der Waals surface area contributed by atoms with Crippen LogP contribution in [0, 0.1) is 38.1 Å². The van der Waals surface area contributed by atoms with Gasteiger partial charge in [0.15, 0.2) is 0 Å². The van der Waals surface area contributed by atoms with Crippen LogP contribution in [0.5, 0.6) is 11.5 Å². The maximum atomic E-state index is 6.87. The maximum Gasteiger partial charge on any atom is 0.135 e. The quantitative estimate of drug-likeness (QED) is 0.149. The molecule has 0 saturated carbocycles. The molecule has 0 saturated heterocycles. The van der Waals surface area contributed by atoms with E-state index in [1.807, 2.05) is 12.3 Å². The minimum Gasteiger partial charge on any atom is -0.509 e. The predicted octanol–water partition coefficient (Wildman–Crippen LogP) is 14.2. The SMILES string of the molecule is Cc1cccc(C)c1-c1cc(Oc2[c-]c3c(cc2)c2ccccc2n3-c2cc(C(C)(C)C)ccn2)[c-]c(N2[CH-]N(c3cccc(-c4ccccc4)c3)C=C2C(C)(C)C)c1.[Pt]. The van der Waals surface area contributed by atoms with E-state index in [0.717, 1.165) is 50.3 Å². The molecule has 0 aliphatic carbocycles. The van der Waals surface area contributed by atoms with Gasteiger partial charge in [-0.1, -0.05) is 126 Å². The van der Waals surface area contributed by atoms with Gasteiger partial charge in [0.2, 0.25) is 0 Å². The number of ether oxygens (including phenoxy) is 1. The van der Waals surface area contributed by atoms with Crippen molar-refractivity contribution < 1.29 is 25.8 Å². The van der Waals surface area contributed by atoms with Crippen molar-refractivity contribution in [3.05, 3.63) is 187 Å². The van der Waals surface area contributed by atoms with E-state index in [0.29, 0.717) is 11.5 Å². The average Bonchev–Trinajstić information content (AvgIpc) is 3.82. The number of aromatic nitrogens is 2. The molecule has 5 nitrogen and oxygen atoms in total. The van der Waals surface area contributed by atoms with Crippen LogP contribution in [-0.4, -0.2) is 9.55 Å². The summed E-state index contributed by atoms with van der Waals surface area (Å²) in [5, 5.41) is 2.23. The molecule has 304 valence electrons. The molecule has 0 atom stereocenters. The molecule has 1 aliphatic heterocycles. The Morgan fingerprint density at radius 3 is 2.08 bits per heavy atom. The third-order valence-corrected chi connectivity index (χ3v) is 11.3. The molecular weight excluding hydrogens is 916 g/mol. The number of fused-ring (bicyclic) bond motifs is 3. The Balaban J connectivity index is 0.00000499. The summed E-state index contributed by atoms with van der Waals surface area (Å²) in [4.78, 5) is 9.36. The molecule has 0 bridgehead atoms. The summed E-state index contributed by atoms with van der Waals surface area (Å²) in [5.41, 5.74) is 13.1. The molecule has 60 heavy (non-hydrogen) atoms. The summed E-state index contributed by atoms with van der Waals surface area (Å²) in [6.45, 7) is 20.0. The summed E-state index contributed by atoms with van der Waals surface area (Å²) in [6, 6.07) is 54.4. The zero-order valence-corrected chi connectivity index (χ0v) is 37.7. The predicted molar refractivity (Wildman–Crippen MR) is 245 cm³/mol. The van der Waals surface area contributed by atoms with E-state index in [4.69, 9.17) is 9.72 Å². The molecule has 3 heterocycles. The van der Waals surface area contributed by atoms with Gasteiger partial charge in [0.25, 0.3) is 0 Å². The van der Waals surface area contributed by atoms with Gasteiger partial charge in [-0.2, -0.15) is 6.07 Å². The van der Waals surface area contributed by atoms with Crippen LogP contribution >= 0.6 is 0 Å². The average molecular weight is 965 g/mol. The van der Waals surface area contributed by atoms with Gasteiger partial charge in [-0.15, -0.1) is 53.6 Å². The maximum absolute atomic E-state index is 6.87. The van der Waals surface area contributed by atoms with Crippen molar-refractivity contribution in [3.63, 3.8) is 0 Å². The third kappa shape index (κ3) is 7.80. The van der Waals surface area contributed by atoms with Gasteiger partial charge >= 0.3 is 0 Å². The number of anilines is 2. The number of hydrogen-bond acceptors (Lipinski definition) is 4. The molecule has 0 N–H and O–H groups in total. The van der Waals surface area contributed by atoms with Crippen molar-refractivity contribution in [1.82, 2.24) is 9.55 Å². The second kappa shape index (κ2) is 15.9. The van der Waals surface area contributed by atoms with Crippen LogP contribution in [0.3, 0.4) is 0 Å². The minimum atomic E-state index is -0.184. The van der Waals surface area contributed by atoms with Crippen LogP contribution in [0.2, 0.25) is 0 Å². The van der Waals surface area contributed by atoms with Crippen molar-refractivity contribution in [2.75, 3.05) is 9.80 Å². The molecule has 8 aromatic rings. The standard InChI is InChI=1S/C54H49N4O.Pt/c1-36-16-14-17-37(2)52(36)40-29-43(57-35-56(34-50(57)54(6,7)8)42-21-15-20-39(28-42)38-18-10-9-11-19-38)32-45(30-40)59-44-24-25-47-46-22-12-13-23-48(46)58(49(47)33-44)51-31-41(26-27-55-51)53(3,4)5;/h9-31,34-35H,1-8H3;/q-3;. The smallest absolute Gasteiger partial charge is 0.135 e. The van der Waals surface area contributed by atoms with E-state index in [1.165, 1.54) is 33.4 Å². The van der Waals surface area contributed by atoms with Gasteiger partial charge < -0.3 is 19.1 Å². The van der Waals surface area contributed by atoms with Gasteiger partial charge in [-0.25, -0.2) is 4.98 Å². The Bertz CT molecular complexity index is 2880. The molecule has 2 aromatic heterocycles. The second-order valence-corrected chi connectivity index (χ2v) is 17.7. The first-order valence-corrected chi connectivity index (χ1v) is 20.4. The number of rotatable bonds is 7. The topological polar surface area (TPSA) is 33.5 Å². The van der Waals surface area contributed by atoms with Gasteiger partial charge in [0, 0.05) is 61.1 Å². The summed E-state index contributed by atoms with van der Waals surface area (Å²) in [7, 11) is 0. The van der Waals surface area contributed by atoms with Crippen molar-refractivity contribution in [1.29, 1.82) is 0 Å². The van der Waals surface area contributed by atoms with E-state index < -0.39 is 0 Å². The van der Waals surface area contributed by atoms with E-state index >= 15 is 0 Å². The van der Waals surface area contributed by atoms with Crippen LogP contribution < -0.4 is 14.5 Å². The molecule has 1 aliphatic rings. The van der Waals surface area contributed by atoms with Gasteiger partial charge in [0.05, 0.1) is 0 Å². The fourth-order valence-electron chi connectivity index (χ4n) is 8.20.